The van der Waals surface area contributed by atoms with Crippen LogP contribution in [-0.2, 0) is 16.5 Å². The number of thiophene rings is 1. The average molecular weight is 484 g/mol. The number of amides is 1. The van der Waals surface area contributed by atoms with Crippen LogP contribution >= 0.6 is 11.3 Å². The van der Waals surface area contributed by atoms with Gasteiger partial charge in [0.15, 0.2) is 0 Å². The molecule has 1 amide bonds. The summed E-state index contributed by atoms with van der Waals surface area (Å²) in [7, 11) is 3.46. The zero-order chi connectivity index (χ0) is 23.5. The van der Waals surface area contributed by atoms with E-state index in [2.05, 4.69) is 25.7 Å². The summed E-state index contributed by atoms with van der Waals surface area (Å²) in [5.74, 6) is 0.695. The van der Waals surface area contributed by atoms with Crippen LogP contribution in [0.3, 0.4) is 0 Å². The van der Waals surface area contributed by atoms with E-state index in [0.717, 1.165) is 28.1 Å². The van der Waals surface area contributed by atoms with Crippen molar-refractivity contribution >= 4 is 39.2 Å². The summed E-state index contributed by atoms with van der Waals surface area (Å²) >= 11 is 1.40. The van der Waals surface area contributed by atoms with Crippen LogP contribution in [0.4, 0.5) is 10.9 Å². The van der Waals surface area contributed by atoms with Gasteiger partial charge in [0.2, 0.25) is 11.8 Å². The number of carbonyl (C=O) groups is 1. The fourth-order valence-corrected chi connectivity index (χ4v) is 4.44. The van der Waals surface area contributed by atoms with Gasteiger partial charge in [-0.2, -0.15) is 10.1 Å². The van der Waals surface area contributed by atoms with Crippen LogP contribution in [0.5, 0.6) is 5.88 Å². The molecule has 0 spiro atoms. The standard InChI is InChI=1S/C22H25N7O4S/c1-28-11-15(10-24-28)29-6-3-17-19(29)21(33-16-4-7-32-12-16)27-22(25-17)26-18-9-14(13-34-18)20(30)23-5-8-31-2/h3,6,9-11,13,16H,4-5,7-8,12H2,1-2H3,(H,23,30)(H,25,26,27)/t16-/m0/s1. The highest BCUT2D eigenvalue weighted by molar-refractivity contribution is 7.14. The summed E-state index contributed by atoms with van der Waals surface area (Å²) in [4.78, 5) is 21.6. The summed E-state index contributed by atoms with van der Waals surface area (Å²) in [6.45, 7) is 2.10. The highest BCUT2D eigenvalue weighted by Gasteiger charge is 2.22. The van der Waals surface area contributed by atoms with Gasteiger partial charge in [0.25, 0.3) is 5.91 Å². The van der Waals surface area contributed by atoms with Crippen molar-refractivity contribution in [3.63, 3.8) is 0 Å². The second-order valence-corrected chi connectivity index (χ2v) is 8.73. The monoisotopic (exact) mass is 483 g/mol. The fraction of sp³-hybridized carbons (Fsp3) is 0.364. The number of hydrogen-bond acceptors (Lipinski definition) is 9. The molecule has 1 saturated heterocycles. The molecule has 1 aliphatic rings. The molecule has 0 aliphatic carbocycles. The number of aromatic nitrogens is 5. The van der Waals surface area contributed by atoms with Gasteiger partial charge in [0.05, 0.1) is 47.8 Å². The molecule has 0 aromatic carbocycles. The van der Waals surface area contributed by atoms with Crippen LogP contribution in [0.2, 0.25) is 0 Å². The molecule has 1 atom stereocenters. The van der Waals surface area contributed by atoms with Gasteiger partial charge in [-0.3, -0.25) is 9.48 Å². The molecule has 0 radical (unpaired) electrons. The van der Waals surface area contributed by atoms with E-state index in [1.165, 1.54) is 11.3 Å². The molecule has 4 aromatic heterocycles. The van der Waals surface area contributed by atoms with Crippen LogP contribution in [0, 0.1) is 0 Å². The van der Waals surface area contributed by atoms with E-state index < -0.39 is 0 Å². The van der Waals surface area contributed by atoms with Crippen molar-refractivity contribution in [2.75, 3.05) is 38.8 Å². The maximum atomic E-state index is 12.3. The van der Waals surface area contributed by atoms with Gasteiger partial charge in [-0.25, -0.2) is 4.98 Å². The number of fused-ring (bicyclic) bond motifs is 1. The zero-order valence-corrected chi connectivity index (χ0v) is 19.7. The summed E-state index contributed by atoms with van der Waals surface area (Å²) in [6.07, 6.45) is 6.34. The quantitative estimate of drug-likeness (QED) is 0.349. The Morgan fingerprint density at radius 3 is 3.06 bits per heavy atom. The molecule has 178 valence electrons. The fourth-order valence-electron chi connectivity index (χ4n) is 3.66. The van der Waals surface area contributed by atoms with E-state index in [0.29, 0.717) is 43.8 Å². The topological polar surface area (TPSA) is 117 Å². The minimum atomic E-state index is -0.156. The van der Waals surface area contributed by atoms with Crippen LogP contribution in [0.1, 0.15) is 16.8 Å². The molecule has 4 aromatic rings. The maximum absolute atomic E-state index is 12.3. The molecule has 5 heterocycles. The van der Waals surface area contributed by atoms with Crippen molar-refractivity contribution in [3.8, 4) is 11.6 Å². The van der Waals surface area contributed by atoms with E-state index in [9.17, 15) is 4.79 Å². The lowest BCUT2D eigenvalue weighted by molar-refractivity contribution is 0.0937. The third-order valence-corrected chi connectivity index (χ3v) is 6.17. The van der Waals surface area contributed by atoms with E-state index in [1.807, 2.05) is 30.1 Å². The second kappa shape index (κ2) is 9.79. The molecule has 0 saturated carbocycles. The lowest BCUT2D eigenvalue weighted by atomic mass is 10.3. The molecular weight excluding hydrogens is 458 g/mol. The maximum Gasteiger partial charge on any atom is 0.252 e. The number of nitrogens with zero attached hydrogens (tertiary/aromatic N) is 5. The molecule has 12 heteroatoms. The lowest BCUT2D eigenvalue weighted by Crippen LogP contribution is -2.26. The number of ether oxygens (including phenoxy) is 3. The summed E-state index contributed by atoms with van der Waals surface area (Å²) in [5, 5.41) is 12.8. The number of aryl methyl sites for hydroxylation is 1. The molecule has 0 unspecified atom stereocenters. The summed E-state index contributed by atoms with van der Waals surface area (Å²) in [5.41, 5.74) is 2.93. The number of methoxy groups -OCH3 is 1. The predicted octanol–water partition coefficient (Wildman–Crippen LogP) is 2.50. The molecule has 11 nitrogen and oxygen atoms in total. The van der Waals surface area contributed by atoms with Gasteiger partial charge < -0.3 is 29.4 Å². The van der Waals surface area contributed by atoms with Gasteiger partial charge in [-0.15, -0.1) is 11.3 Å². The Hall–Kier alpha value is -3.48. The molecule has 0 bridgehead atoms. The molecule has 34 heavy (non-hydrogen) atoms. The Bertz CT molecular complexity index is 1290. The van der Waals surface area contributed by atoms with Crippen LogP contribution in [0.25, 0.3) is 16.7 Å². The Morgan fingerprint density at radius 1 is 1.38 bits per heavy atom. The summed E-state index contributed by atoms with van der Waals surface area (Å²) < 4.78 is 20.4. The van der Waals surface area contributed by atoms with Crippen molar-refractivity contribution in [2.45, 2.75) is 12.5 Å². The Morgan fingerprint density at radius 2 is 2.29 bits per heavy atom. The van der Waals surface area contributed by atoms with Crippen molar-refractivity contribution in [1.82, 2.24) is 29.6 Å². The zero-order valence-electron chi connectivity index (χ0n) is 18.9. The average Bonchev–Trinajstić information content (AvgIpc) is 3.61. The number of hydrogen-bond donors (Lipinski definition) is 2. The Kier molecular flexibility index (Phi) is 6.43. The van der Waals surface area contributed by atoms with Crippen molar-refractivity contribution in [2.24, 2.45) is 7.05 Å². The van der Waals surface area contributed by atoms with E-state index in [4.69, 9.17) is 14.2 Å². The van der Waals surface area contributed by atoms with Crippen molar-refractivity contribution in [3.05, 3.63) is 41.7 Å². The first-order valence-corrected chi connectivity index (χ1v) is 11.7. The highest BCUT2D eigenvalue weighted by atomic mass is 32.1. The Labute approximate surface area is 199 Å². The van der Waals surface area contributed by atoms with E-state index in [-0.39, 0.29) is 12.0 Å². The summed E-state index contributed by atoms with van der Waals surface area (Å²) in [6, 6.07) is 3.68. The smallest absolute Gasteiger partial charge is 0.252 e. The number of carbonyl (C=O) groups excluding carboxylic acids is 1. The van der Waals surface area contributed by atoms with Crippen molar-refractivity contribution in [1.29, 1.82) is 0 Å². The minimum Gasteiger partial charge on any atom is -0.470 e. The molecule has 2 N–H and O–H groups in total. The van der Waals surface area contributed by atoms with Gasteiger partial charge in [0.1, 0.15) is 11.6 Å². The highest BCUT2D eigenvalue weighted by Crippen LogP contribution is 2.31. The van der Waals surface area contributed by atoms with Crippen LogP contribution < -0.4 is 15.4 Å². The molecule has 1 fully saturated rings. The van der Waals surface area contributed by atoms with Crippen molar-refractivity contribution < 1.29 is 19.0 Å². The van der Waals surface area contributed by atoms with Crippen LogP contribution in [0.15, 0.2) is 36.1 Å². The first kappa shape index (κ1) is 22.3. The predicted molar refractivity (Wildman–Crippen MR) is 127 cm³/mol. The number of rotatable bonds is 9. The van der Waals surface area contributed by atoms with Gasteiger partial charge >= 0.3 is 0 Å². The largest absolute Gasteiger partial charge is 0.470 e. The SMILES string of the molecule is COCCNC(=O)c1csc(Nc2nc(O[C@H]3CCOC3)c3c(ccn3-c3cnn(C)c3)n2)c1. The minimum absolute atomic E-state index is 0.0765. The van der Waals surface area contributed by atoms with E-state index in [1.54, 1.807) is 29.4 Å². The lowest BCUT2D eigenvalue weighted by Gasteiger charge is -2.14. The van der Waals surface area contributed by atoms with E-state index >= 15 is 0 Å². The van der Waals surface area contributed by atoms with Gasteiger partial charge in [0, 0.05) is 44.9 Å². The van der Waals surface area contributed by atoms with Gasteiger partial charge in [-0.05, 0) is 12.1 Å². The molecule has 1 aliphatic heterocycles. The van der Waals surface area contributed by atoms with Crippen LogP contribution in [-0.4, -0.2) is 69.8 Å². The molecule has 5 rings (SSSR count). The number of anilines is 2. The Balaban J connectivity index is 1.43. The normalized spacial score (nSPS) is 15.6. The first-order valence-electron chi connectivity index (χ1n) is 10.9. The second-order valence-electron chi connectivity index (χ2n) is 7.82. The third kappa shape index (κ3) is 4.74. The molecular formula is C22H25N7O4S. The number of nitrogens with one attached hydrogen (secondary N) is 2. The first-order chi connectivity index (χ1) is 16.6. The van der Waals surface area contributed by atoms with Gasteiger partial charge in [-0.1, -0.05) is 0 Å². The third-order valence-electron chi connectivity index (χ3n) is 5.33.